The van der Waals surface area contributed by atoms with Crippen LogP contribution in [0.4, 0.5) is 5.69 Å². The van der Waals surface area contributed by atoms with Crippen molar-refractivity contribution in [1.82, 2.24) is 0 Å². The number of nitrogens with one attached hydrogen (secondary N) is 1. The zero-order chi connectivity index (χ0) is 21.7. The van der Waals surface area contributed by atoms with Gasteiger partial charge in [0.1, 0.15) is 0 Å². The lowest BCUT2D eigenvalue weighted by Crippen LogP contribution is -2.14. The first kappa shape index (κ1) is 22.1. The van der Waals surface area contributed by atoms with Gasteiger partial charge in [-0.25, -0.2) is 8.42 Å². The minimum Gasteiger partial charge on any atom is -0.326 e. The molecule has 0 aliphatic rings. The van der Waals surface area contributed by atoms with Gasteiger partial charge in [-0.15, -0.1) is 0 Å². The SMILES string of the molecule is CCS(=O)(=O)c1ccc(CC(=O)Nc2ccc(Sc3ccc(C)cc3C)cc2)cc1. The third-order valence-corrected chi connectivity index (χ3v) is 7.66. The third-order valence-electron chi connectivity index (χ3n) is 4.72. The molecule has 0 fully saturated rings. The zero-order valence-electron chi connectivity index (χ0n) is 17.3. The molecule has 3 aromatic carbocycles. The van der Waals surface area contributed by atoms with Gasteiger partial charge in [-0.3, -0.25) is 4.79 Å². The Morgan fingerprint density at radius 3 is 2.20 bits per heavy atom. The average molecular weight is 440 g/mol. The number of hydrogen-bond donors (Lipinski definition) is 1. The van der Waals surface area contributed by atoms with Crippen LogP contribution in [0.3, 0.4) is 0 Å². The Bertz CT molecular complexity index is 1140. The number of hydrogen-bond acceptors (Lipinski definition) is 4. The van der Waals surface area contributed by atoms with Crippen molar-refractivity contribution < 1.29 is 13.2 Å². The molecule has 0 aromatic heterocycles. The van der Waals surface area contributed by atoms with Crippen LogP contribution < -0.4 is 5.32 Å². The van der Waals surface area contributed by atoms with Crippen LogP contribution in [0.1, 0.15) is 23.6 Å². The minimum absolute atomic E-state index is 0.0601. The molecule has 1 N–H and O–H groups in total. The maximum Gasteiger partial charge on any atom is 0.228 e. The van der Waals surface area contributed by atoms with E-state index in [-0.39, 0.29) is 23.0 Å². The average Bonchev–Trinajstić information content (AvgIpc) is 2.72. The van der Waals surface area contributed by atoms with Gasteiger partial charge in [-0.1, -0.05) is 48.5 Å². The molecule has 30 heavy (non-hydrogen) atoms. The summed E-state index contributed by atoms with van der Waals surface area (Å²) in [5.41, 5.74) is 3.99. The van der Waals surface area contributed by atoms with Crippen molar-refractivity contribution in [3.63, 3.8) is 0 Å². The second-order valence-corrected chi connectivity index (χ2v) is 10.6. The lowest BCUT2D eigenvalue weighted by Gasteiger charge is -2.09. The Kier molecular flexibility index (Phi) is 7.00. The van der Waals surface area contributed by atoms with Gasteiger partial charge in [0.05, 0.1) is 17.1 Å². The summed E-state index contributed by atoms with van der Waals surface area (Å²) in [6, 6.07) is 20.6. The van der Waals surface area contributed by atoms with Crippen LogP contribution in [-0.2, 0) is 21.1 Å². The molecular weight excluding hydrogens is 414 g/mol. The number of anilines is 1. The van der Waals surface area contributed by atoms with Crippen molar-refractivity contribution in [3.8, 4) is 0 Å². The Hall–Kier alpha value is -2.57. The second kappa shape index (κ2) is 9.49. The molecule has 1 amide bonds. The molecule has 4 nitrogen and oxygen atoms in total. The molecule has 3 rings (SSSR count). The predicted octanol–water partition coefficient (Wildman–Crippen LogP) is 5.43. The van der Waals surface area contributed by atoms with Gasteiger partial charge in [0.25, 0.3) is 0 Å². The first-order chi connectivity index (χ1) is 14.3. The van der Waals surface area contributed by atoms with E-state index in [2.05, 4.69) is 37.4 Å². The van der Waals surface area contributed by atoms with Gasteiger partial charge in [0.2, 0.25) is 5.91 Å². The highest BCUT2D eigenvalue weighted by Crippen LogP contribution is 2.31. The normalized spacial score (nSPS) is 11.3. The molecule has 0 saturated carbocycles. The van der Waals surface area contributed by atoms with Gasteiger partial charge in [-0.2, -0.15) is 0 Å². The molecule has 3 aromatic rings. The highest BCUT2D eigenvalue weighted by Gasteiger charge is 2.12. The first-order valence-electron chi connectivity index (χ1n) is 9.73. The second-order valence-electron chi connectivity index (χ2n) is 7.17. The number of rotatable bonds is 7. The summed E-state index contributed by atoms with van der Waals surface area (Å²) >= 11 is 1.70. The van der Waals surface area contributed by atoms with Crippen LogP contribution in [0.2, 0.25) is 0 Å². The number of aryl methyl sites for hydroxylation is 2. The van der Waals surface area contributed by atoms with Gasteiger partial charge in [0, 0.05) is 15.5 Å². The molecule has 0 radical (unpaired) electrons. The largest absolute Gasteiger partial charge is 0.326 e. The fourth-order valence-corrected chi connectivity index (χ4v) is 4.79. The van der Waals surface area contributed by atoms with Gasteiger partial charge in [0.15, 0.2) is 9.84 Å². The van der Waals surface area contributed by atoms with Crippen molar-refractivity contribution in [2.24, 2.45) is 0 Å². The fraction of sp³-hybridized carbons (Fsp3) is 0.208. The van der Waals surface area contributed by atoms with Crippen molar-refractivity contribution in [2.75, 3.05) is 11.1 Å². The van der Waals surface area contributed by atoms with E-state index in [4.69, 9.17) is 0 Å². The molecule has 0 aliphatic heterocycles. The number of benzene rings is 3. The molecular formula is C24H25NO3S2. The van der Waals surface area contributed by atoms with Gasteiger partial charge < -0.3 is 5.32 Å². The van der Waals surface area contributed by atoms with Crippen LogP contribution in [0.15, 0.2) is 81.4 Å². The molecule has 0 unspecified atom stereocenters. The van der Waals surface area contributed by atoms with Crippen LogP contribution in [0.25, 0.3) is 0 Å². The van der Waals surface area contributed by atoms with Crippen molar-refractivity contribution >= 4 is 33.2 Å². The summed E-state index contributed by atoms with van der Waals surface area (Å²) in [4.78, 5) is 14.9. The Balaban J connectivity index is 1.59. The maximum absolute atomic E-state index is 12.3. The molecule has 0 atom stereocenters. The summed E-state index contributed by atoms with van der Waals surface area (Å²) < 4.78 is 23.7. The Morgan fingerprint density at radius 1 is 0.933 bits per heavy atom. The topological polar surface area (TPSA) is 63.2 Å². The monoisotopic (exact) mass is 439 g/mol. The Morgan fingerprint density at radius 2 is 1.60 bits per heavy atom. The van der Waals surface area contributed by atoms with Gasteiger partial charge >= 0.3 is 0 Å². The van der Waals surface area contributed by atoms with Crippen molar-refractivity contribution in [2.45, 2.75) is 41.9 Å². The molecule has 0 aliphatic carbocycles. The van der Waals surface area contributed by atoms with E-state index < -0.39 is 9.84 Å². The lowest BCUT2D eigenvalue weighted by atomic mass is 10.1. The highest BCUT2D eigenvalue weighted by molar-refractivity contribution is 7.99. The van der Waals surface area contributed by atoms with Crippen molar-refractivity contribution in [1.29, 1.82) is 0 Å². The van der Waals surface area contributed by atoms with Gasteiger partial charge in [-0.05, 0) is 67.4 Å². The molecule has 0 bridgehead atoms. The predicted molar refractivity (Wildman–Crippen MR) is 123 cm³/mol. The number of amides is 1. The summed E-state index contributed by atoms with van der Waals surface area (Å²) in [6.45, 7) is 5.80. The summed E-state index contributed by atoms with van der Waals surface area (Å²) in [7, 11) is -3.23. The lowest BCUT2D eigenvalue weighted by molar-refractivity contribution is -0.115. The molecule has 0 heterocycles. The minimum atomic E-state index is -3.23. The summed E-state index contributed by atoms with van der Waals surface area (Å²) in [5.74, 6) is -0.0826. The third kappa shape index (κ3) is 5.74. The van der Waals surface area contributed by atoms with Crippen LogP contribution >= 0.6 is 11.8 Å². The van der Waals surface area contributed by atoms with Crippen LogP contribution in [-0.4, -0.2) is 20.1 Å². The van der Waals surface area contributed by atoms with Crippen LogP contribution in [0.5, 0.6) is 0 Å². The summed E-state index contributed by atoms with van der Waals surface area (Å²) in [6.07, 6.45) is 0.186. The number of carbonyl (C=O) groups excluding carboxylic acids is 1. The number of carbonyl (C=O) groups is 1. The Labute approximate surface area is 182 Å². The van der Waals surface area contributed by atoms with Crippen molar-refractivity contribution in [3.05, 3.63) is 83.4 Å². The van der Waals surface area contributed by atoms with Crippen LogP contribution in [0, 0.1) is 13.8 Å². The summed E-state index contributed by atoms with van der Waals surface area (Å²) in [5, 5.41) is 2.89. The molecule has 0 saturated heterocycles. The van der Waals surface area contributed by atoms with E-state index in [0.717, 1.165) is 16.1 Å². The number of sulfone groups is 1. The molecule has 6 heteroatoms. The maximum atomic E-state index is 12.3. The molecule has 0 spiro atoms. The smallest absolute Gasteiger partial charge is 0.228 e. The molecule has 156 valence electrons. The van der Waals surface area contributed by atoms with E-state index in [1.165, 1.54) is 16.0 Å². The van der Waals surface area contributed by atoms with E-state index in [1.807, 2.05) is 24.3 Å². The van der Waals surface area contributed by atoms with E-state index >= 15 is 0 Å². The van der Waals surface area contributed by atoms with E-state index in [1.54, 1.807) is 43.0 Å². The standard InChI is InChI=1S/C24H25NO3S2/c1-4-30(27,28)22-12-6-19(7-13-22)16-24(26)25-20-8-10-21(11-9-20)29-23-14-5-17(2)15-18(23)3/h5-15H,4,16H2,1-3H3,(H,25,26). The van der Waals surface area contributed by atoms with E-state index in [0.29, 0.717) is 0 Å². The van der Waals surface area contributed by atoms with E-state index in [9.17, 15) is 13.2 Å². The fourth-order valence-electron chi connectivity index (χ4n) is 3.02. The highest BCUT2D eigenvalue weighted by atomic mass is 32.2. The quantitative estimate of drug-likeness (QED) is 0.533. The zero-order valence-corrected chi connectivity index (χ0v) is 18.9. The first-order valence-corrected chi connectivity index (χ1v) is 12.2.